The van der Waals surface area contributed by atoms with Gasteiger partial charge in [-0.2, -0.15) is 0 Å². The third-order valence-electron chi connectivity index (χ3n) is 4.93. The van der Waals surface area contributed by atoms with Crippen LogP contribution in [0.1, 0.15) is 38.4 Å². The first-order valence-corrected chi connectivity index (χ1v) is 11.6. The van der Waals surface area contributed by atoms with E-state index in [-0.39, 0.29) is 10.9 Å². The van der Waals surface area contributed by atoms with Crippen LogP contribution < -0.4 is 0 Å². The minimum atomic E-state index is -3.37. The van der Waals surface area contributed by atoms with Crippen LogP contribution in [0.4, 0.5) is 0 Å². The molecule has 2 rings (SSSR count). The third-order valence-corrected chi connectivity index (χ3v) is 6.57. The Morgan fingerprint density at radius 3 is 2.54 bits per heavy atom. The number of nitrogens with zero attached hydrogens (tertiary/aromatic N) is 3. The van der Waals surface area contributed by atoms with Crippen molar-refractivity contribution in [2.24, 2.45) is 0 Å². The molecule has 0 spiro atoms. The maximum absolute atomic E-state index is 12.5. The van der Waals surface area contributed by atoms with E-state index < -0.39 is 9.84 Å². The monoisotopic (exact) mass is 407 g/mol. The van der Waals surface area contributed by atoms with E-state index in [2.05, 4.69) is 35.9 Å². The summed E-state index contributed by atoms with van der Waals surface area (Å²) in [5, 5.41) is 0.188. The van der Waals surface area contributed by atoms with E-state index in [0.29, 0.717) is 25.7 Å². The van der Waals surface area contributed by atoms with Crippen molar-refractivity contribution < 1.29 is 13.2 Å². The largest absolute Gasteiger partial charge is 0.383 e. The molecule has 0 saturated carbocycles. The fraction of sp³-hybridized carbons (Fsp3) is 0.571. The average molecular weight is 408 g/mol. The Labute approximate surface area is 169 Å². The normalized spacial score (nSPS) is 12.2. The van der Waals surface area contributed by atoms with Crippen LogP contribution in [-0.2, 0) is 34.1 Å². The van der Waals surface area contributed by atoms with Crippen molar-refractivity contribution >= 4 is 9.84 Å². The summed E-state index contributed by atoms with van der Waals surface area (Å²) in [6.07, 6.45) is 3.48. The van der Waals surface area contributed by atoms with Crippen molar-refractivity contribution in [3.05, 3.63) is 47.8 Å². The van der Waals surface area contributed by atoms with Gasteiger partial charge in [-0.05, 0) is 32.3 Å². The number of rotatable bonds is 12. The zero-order valence-electron chi connectivity index (χ0n) is 17.5. The van der Waals surface area contributed by atoms with Gasteiger partial charge in [0.15, 0.2) is 0 Å². The van der Waals surface area contributed by atoms with Gasteiger partial charge in [-0.15, -0.1) is 0 Å². The quantitative estimate of drug-likeness (QED) is 0.541. The second-order valence-corrected chi connectivity index (χ2v) is 9.41. The van der Waals surface area contributed by atoms with Gasteiger partial charge in [0.2, 0.25) is 15.0 Å². The Hall–Kier alpha value is -1.70. The van der Waals surface area contributed by atoms with Gasteiger partial charge in [0.25, 0.3) is 0 Å². The summed E-state index contributed by atoms with van der Waals surface area (Å²) < 4.78 is 32.2. The van der Waals surface area contributed by atoms with E-state index in [4.69, 9.17) is 4.74 Å². The van der Waals surface area contributed by atoms with Crippen LogP contribution >= 0.6 is 0 Å². The second-order valence-electron chi connectivity index (χ2n) is 7.23. The molecule has 1 aromatic carbocycles. The topological polar surface area (TPSA) is 64.4 Å². The van der Waals surface area contributed by atoms with Crippen molar-refractivity contribution in [1.82, 2.24) is 14.5 Å². The van der Waals surface area contributed by atoms with Crippen LogP contribution in [0.3, 0.4) is 0 Å². The maximum Gasteiger partial charge on any atom is 0.227 e. The molecular formula is C21H33N3O3S. The molecule has 0 fully saturated rings. The number of aromatic nitrogens is 2. The number of hydrogen-bond acceptors (Lipinski definition) is 5. The number of sulfone groups is 1. The van der Waals surface area contributed by atoms with Crippen molar-refractivity contribution in [1.29, 1.82) is 0 Å². The first-order chi connectivity index (χ1) is 13.4. The smallest absolute Gasteiger partial charge is 0.227 e. The zero-order valence-corrected chi connectivity index (χ0v) is 18.3. The van der Waals surface area contributed by atoms with E-state index in [1.165, 1.54) is 5.56 Å². The number of imidazole rings is 1. The number of aryl methyl sites for hydroxylation is 1. The molecule has 1 aromatic heterocycles. The van der Waals surface area contributed by atoms with Crippen LogP contribution in [0.15, 0.2) is 41.7 Å². The van der Waals surface area contributed by atoms with E-state index in [0.717, 1.165) is 25.1 Å². The summed E-state index contributed by atoms with van der Waals surface area (Å²) in [5.41, 5.74) is 2.19. The fourth-order valence-electron chi connectivity index (χ4n) is 3.16. The Morgan fingerprint density at radius 2 is 1.93 bits per heavy atom. The molecule has 28 heavy (non-hydrogen) atoms. The standard InChI is InChI=1S/C21H33N3O3S/c1-5-28(25,26)21-22-16-20(17-23(18(2)3)14-15-27-4)24(21)13-9-12-19-10-7-6-8-11-19/h6-8,10-11,16,18H,5,9,12-15,17H2,1-4H3. The summed E-state index contributed by atoms with van der Waals surface area (Å²) in [4.78, 5) is 6.57. The Morgan fingerprint density at radius 1 is 1.21 bits per heavy atom. The van der Waals surface area contributed by atoms with Crippen LogP contribution in [0.25, 0.3) is 0 Å². The van der Waals surface area contributed by atoms with Crippen LogP contribution in [0.2, 0.25) is 0 Å². The molecule has 0 unspecified atom stereocenters. The fourth-order valence-corrected chi connectivity index (χ4v) is 4.17. The molecule has 0 radical (unpaired) electrons. The molecule has 2 aromatic rings. The summed E-state index contributed by atoms with van der Waals surface area (Å²) >= 11 is 0. The SMILES string of the molecule is CCS(=O)(=O)c1ncc(CN(CCOC)C(C)C)n1CCCc1ccccc1. The summed E-state index contributed by atoms with van der Waals surface area (Å²) in [5.74, 6) is 0.0553. The van der Waals surface area contributed by atoms with Gasteiger partial charge in [-0.1, -0.05) is 37.3 Å². The summed E-state index contributed by atoms with van der Waals surface area (Å²) in [6, 6.07) is 10.6. The van der Waals surface area contributed by atoms with Gasteiger partial charge in [-0.3, -0.25) is 4.90 Å². The second kappa shape index (κ2) is 10.7. The van der Waals surface area contributed by atoms with Crippen molar-refractivity contribution in [3.8, 4) is 0 Å². The highest BCUT2D eigenvalue weighted by Gasteiger charge is 2.23. The van der Waals surface area contributed by atoms with E-state index >= 15 is 0 Å². The molecule has 156 valence electrons. The minimum Gasteiger partial charge on any atom is -0.383 e. The Balaban J connectivity index is 2.22. The van der Waals surface area contributed by atoms with Crippen molar-refractivity contribution in [3.63, 3.8) is 0 Å². The predicted molar refractivity (Wildman–Crippen MR) is 112 cm³/mol. The lowest BCUT2D eigenvalue weighted by molar-refractivity contribution is 0.123. The van der Waals surface area contributed by atoms with Crippen LogP contribution in [-0.4, -0.2) is 54.9 Å². The summed E-state index contributed by atoms with van der Waals surface area (Å²) in [7, 11) is -1.67. The molecule has 0 N–H and O–H groups in total. The van der Waals surface area contributed by atoms with E-state index in [9.17, 15) is 8.42 Å². The lowest BCUT2D eigenvalue weighted by Gasteiger charge is -2.26. The van der Waals surface area contributed by atoms with Gasteiger partial charge in [0.05, 0.1) is 24.3 Å². The molecule has 0 atom stereocenters. The molecular weight excluding hydrogens is 374 g/mol. The lowest BCUT2D eigenvalue weighted by Crippen LogP contribution is -2.34. The number of ether oxygens (including phenoxy) is 1. The molecule has 0 bridgehead atoms. The van der Waals surface area contributed by atoms with Gasteiger partial charge < -0.3 is 9.30 Å². The van der Waals surface area contributed by atoms with Crippen molar-refractivity contribution in [2.45, 2.75) is 57.9 Å². The van der Waals surface area contributed by atoms with E-state index in [1.54, 1.807) is 20.2 Å². The summed E-state index contributed by atoms with van der Waals surface area (Å²) in [6.45, 7) is 8.65. The van der Waals surface area contributed by atoms with Crippen molar-refractivity contribution in [2.75, 3.05) is 26.0 Å². The average Bonchev–Trinajstić information content (AvgIpc) is 3.09. The van der Waals surface area contributed by atoms with Crippen LogP contribution in [0.5, 0.6) is 0 Å². The lowest BCUT2D eigenvalue weighted by atomic mass is 10.1. The van der Waals surface area contributed by atoms with Gasteiger partial charge in [0.1, 0.15) is 0 Å². The highest BCUT2D eigenvalue weighted by molar-refractivity contribution is 7.91. The van der Waals surface area contributed by atoms with Gasteiger partial charge in [-0.25, -0.2) is 13.4 Å². The Kier molecular flexibility index (Phi) is 8.66. The van der Waals surface area contributed by atoms with Gasteiger partial charge >= 0.3 is 0 Å². The molecule has 7 heteroatoms. The molecule has 6 nitrogen and oxygen atoms in total. The van der Waals surface area contributed by atoms with Gasteiger partial charge in [0, 0.05) is 32.8 Å². The third kappa shape index (κ3) is 6.15. The maximum atomic E-state index is 12.5. The minimum absolute atomic E-state index is 0.0553. The Bertz CT molecular complexity index is 817. The highest BCUT2D eigenvalue weighted by Crippen LogP contribution is 2.18. The molecule has 0 saturated heterocycles. The number of methoxy groups -OCH3 is 1. The zero-order chi connectivity index (χ0) is 20.6. The first kappa shape index (κ1) is 22.6. The van der Waals surface area contributed by atoms with E-state index in [1.807, 2.05) is 22.8 Å². The molecule has 0 amide bonds. The molecule has 0 aliphatic carbocycles. The molecule has 0 aliphatic rings. The first-order valence-electron chi connectivity index (χ1n) is 9.93. The predicted octanol–water partition coefficient (Wildman–Crippen LogP) is 3.17. The highest BCUT2D eigenvalue weighted by atomic mass is 32.2. The molecule has 1 heterocycles. The van der Waals surface area contributed by atoms with Crippen LogP contribution in [0, 0.1) is 0 Å². The number of benzene rings is 1. The number of hydrogen-bond donors (Lipinski definition) is 0. The molecule has 0 aliphatic heterocycles.